The Morgan fingerprint density at radius 3 is 2.65 bits per heavy atom. The van der Waals surface area contributed by atoms with Crippen LogP contribution in [-0.4, -0.2) is 51.8 Å². The van der Waals surface area contributed by atoms with Crippen LogP contribution in [0.5, 0.6) is 0 Å². The first-order chi connectivity index (χ1) is 11.0. The first-order valence-electron chi connectivity index (χ1n) is 8.05. The van der Waals surface area contributed by atoms with Gasteiger partial charge < -0.3 is 19.8 Å². The van der Waals surface area contributed by atoms with Gasteiger partial charge in [0.1, 0.15) is 0 Å². The molecule has 0 saturated carbocycles. The van der Waals surface area contributed by atoms with Gasteiger partial charge in [0, 0.05) is 37.9 Å². The minimum Gasteiger partial charge on any atom is -0.481 e. The van der Waals surface area contributed by atoms with Crippen molar-refractivity contribution in [1.29, 1.82) is 0 Å². The maximum Gasteiger partial charge on any atom is 0.317 e. The fourth-order valence-corrected chi connectivity index (χ4v) is 2.54. The number of aliphatic carboxylic acids is 1. The van der Waals surface area contributed by atoms with Crippen LogP contribution in [-0.2, 0) is 4.79 Å². The van der Waals surface area contributed by atoms with E-state index in [4.69, 9.17) is 9.63 Å². The molecule has 1 aliphatic heterocycles. The SMILES string of the molecule is CC(C)c1nc(C2CCN(C(=O)NCCCC(=O)O)CC2)no1. The van der Waals surface area contributed by atoms with Crippen molar-refractivity contribution in [1.82, 2.24) is 20.4 Å². The fraction of sp³-hybridized carbons (Fsp3) is 0.733. The van der Waals surface area contributed by atoms with Gasteiger partial charge in [0.05, 0.1) is 0 Å². The summed E-state index contributed by atoms with van der Waals surface area (Å²) in [5.74, 6) is 0.977. The minimum absolute atomic E-state index is 0.0678. The van der Waals surface area contributed by atoms with Gasteiger partial charge in [0.15, 0.2) is 5.82 Å². The highest BCUT2D eigenvalue weighted by atomic mass is 16.5. The zero-order chi connectivity index (χ0) is 16.8. The second-order valence-corrected chi connectivity index (χ2v) is 6.14. The largest absolute Gasteiger partial charge is 0.481 e. The molecule has 8 nitrogen and oxygen atoms in total. The second kappa shape index (κ2) is 7.94. The number of likely N-dealkylation sites (tertiary alicyclic amines) is 1. The number of hydrogen-bond acceptors (Lipinski definition) is 5. The van der Waals surface area contributed by atoms with E-state index in [2.05, 4.69) is 15.5 Å². The summed E-state index contributed by atoms with van der Waals surface area (Å²) < 4.78 is 5.24. The van der Waals surface area contributed by atoms with Crippen molar-refractivity contribution in [2.24, 2.45) is 0 Å². The van der Waals surface area contributed by atoms with E-state index in [1.807, 2.05) is 13.8 Å². The summed E-state index contributed by atoms with van der Waals surface area (Å²) in [5.41, 5.74) is 0. The molecule has 2 rings (SSSR count). The van der Waals surface area contributed by atoms with Gasteiger partial charge in [-0.15, -0.1) is 0 Å². The number of nitrogens with one attached hydrogen (secondary N) is 1. The Labute approximate surface area is 135 Å². The van der Waals surface area contributed by atoms with Crippen LogP contribution in [0.15, 0.2) is 4.52 Å². The zero-order valence-electron chi connectivity index (χ0n) is 13.6. The highest BCUT2D eigenvalue weighted by molar-refractivity contribution is 5.74. The van der Waals surface area contributed by atoms with Gasteiger partial charge in [-0.2, -0.15) is 4.98 Å². The first kappa shape index (κ1) is 17.2. The van der Waals surface area contributed by atoms with Crippen molar-refractivity contribution in [3.63, 3.8) is 0 Å². The molecule has 2 N–H and O–H groups in total. The Morgan fingerprint density at radius 2 is 2.09 bits per heavy atom. The van der Waals surface area contributed by atoms with Crippen LogP contribution >= 0.6 is 0 Å². The van der Waals surface area contributed by atoms with Crippen LogP contribution < -0.4 is 5.32 Å². The number of carbonyl (C=O) groups excluding carboxylic acids is 1. The predicted octanol–water partition coefficient (Wildman–Crippen LogP) is 1.95. The molecule has 128 valence electrons. The Hall–Kier alpha value is -2.12. The Balaban J connectivity index is 1.74. The van der Waals surface area contributed by atoms with Gasteiger partial charge in [-0.3, -0.25) is 4.79 Å². The number of amides is 2. The zero-order valence-corrected chi connectivity index (χ0v) is 13.6. The van der Waals surface area contributed by atoms with Gasteiger partial charge in [-0.05, 0) is 19.3 Å². The quantitative estimate of drug-likeness (QED) is 0.774. The average molecular weight is 324 g/mol. The molecule has 0 atom stereocenters. The topological polar surface area (TPSA) is 109 Å². The Bertz CT molecular complexity index is 535. The van der Waals surface area contributed by atoms with E-state index < -0.39 is 5.97 Å². The molecule has 0 spiro atoms. The summed E-state index contributed by atoms with van der Waals surface area (Å²) in [6.07, 6.45) is 2.12. The van der Waals surface area contributed by atoms with Gasteiger partial charge in [-0.25, -0.2) is 4.79 Å². The van der Waals surface area contributed by atoms with Crippen molar-refractivity contribution in [2.75, 3.05) is 19.6 Å². The van der Waals surface area contributed by atoms with Gasteiger partial charge >= 0.3 is 12.0 Å². The lowest BCUT2D eigenvalue weighted by Gasteiger charge is -2.30. The van der Waals surface area contributed by atoms with E-state index in [0.29, 0.717) is 31.9 Å². The van der Waals surface area contributed by atoms with E-state index in [1.165, 1.54) is 0 Å². The third kappa shape index (κ3) is 4.94. The number of urea groups is 1. The fourth-order valence-electron chi connectivity index (χ4n) is 2.54. The van der Waals surface area contributed by atoms with E-state index in [-0.39, 0.29) is 24.3 Å². The summed E-state index contributed by atoms with van der Waals surface area (Å²) in [7, 11) is 0. The van der Waals surface area contributed by atoms with E-state index in [9.17, 15) is 9.59 Å². The van der Waals surface area contributed by atoms with Crippen LogP contribution in [0, 0.1) is 0 Å². The summed E-state index contributed by atoms with van der Waals surface area (Å²) in [5, 5.41) is 15.4. The second-order valence-electron chi connectivity index (χ2n) is 6.14. The summed E-state index contributed by atoms with van der Waals surface area (Å²) in [4.78, 5) is 28.6. The lowest BCUT2D eigenvalue weighted by atomic mass is 9.96. The average Bonchev–Trinajstić information content (AvgIpc) is 3.01. The van der Waals surface area contributed by atoms with Gasteiger partial charge in [0.25, 0.3) is 0 Å². The lowest BCUT2D eigenvalue weighted by Crippen LogP contribution is -2.44. The number of carboxylic acid groups (broad SMARTS) is 1. The monoisotopic (exact) mass is 324 g/mol. The molecule has 23 heavy (non-hydrogen) atoms. The van der Waals surface area contributed by atoms with Crippen LogP contribution in [0.4, 0.5) is 4.79 Å². The van der Waals surface area contributed by atoms with Crippen molar-refractivity contribution in [2.45, 2.75) is 51.4 Å². The van der Waals surface area contributed by atoms with Gasteiger partial charge in [-0.1, -0.05) is 19.0 Å². The minimum atomic E-state index is -0.846. The third-order valence-corrected chi connectivity index (χ3v) is 3.94. The highest BCUT2D eigenvalue weighted by Gasteiger charge is 2.27. The molecule has 1 aromatic heterocycles. The normalized spacial score (nSPS) is 15.9. The first-order valence-corrected chi connectivity index (χ1v) is 8.05. The number of hydrogen-bond donors (Lipinski definition) is 2. The molecule has 2 heterocycles. The van der Waals surface area contributed by atoms with Crippen molar-refractivity contribution < 1.29 is 19.2 Å². The number of piperidine rings is 1. The molecule has 1 saturated heterocycles. The molecule has 0 unspecified atom stereocenters. The summed E-state index contributed by atoms with van der Waals surface area (Å²) in [6, 6.07) is -0.134. The Morgan fingerprint density at radius 1 is 1.39 bits per heavy atom. The third-order valence-electron chi connectivity index (χ3n) is 3.94. The maximum atomic E-state index is 12.0. The Kier molecular flexibility index (Phi) is 5.95. The van der Waals surface area contributed by atoms with Crippen LogP contribution in [0.2, 0.25) is 0 Å². The molecule has 1 aromatic rings. The van der Waals surface area contributed by atoms with Crippen molar-refractivity contribution >= 4 is 12.0 Å². The number of aromatic nitrogens is 2. The molecule has 1 fully saturated rings. The standard InChI is InChI=1S/C15H24N4O4/c1-10(2)14-17-13(18-23-14)11-5-8-19(9-6-11)15(22)16-7-3-4-12(20)21/h10-11H,3-9H2,1-2H3,(H,16,22)(H,20,21). The van der Waals surface area contributed by atoms with Crippen molar-refractivity contribution in [3.8, 4) is 0 Å². The van der Waals surface area contributed by atoms with Gasteiger partial charge in [0.2, 0.25) is 5.89 Å². The van der Waals surface area contributed by atoms with E-state index in [1.54, 1.807) is 4.90 Å². The molecule has 0 aliphatic carbocycles. The molecule has 0 aromatic carbocycles. The van der Waals surface area contributed by atoms with Crippen LogP contribution in [0.3, 0.4) is 0 Å². The van der Waals surface area contributed by atoms with Crippen molar-refractivity contribution in [3.05, 3.63) is 11.7 Å². The lowest BCUT2D eigenvalue weighted by molar-refractivity contribution is -0.137. The molecular formula is C15H24N4O4. The smallest absolute Gasteiger partial charge is 0.317 e. The number of carboxylic acids is 1. The molecule has 8 heteroatoms. The molecule has 0 radical (unpaired) electrons. The summed E-state index contributed by atoms with van der Waals surface area (Å²) in [6.45, 7) is 5.68. The van der Waals surface area contributed by atoms with Crippen LogP contribution in [0.1, 0.15) is 63.1 Å². The number of carbonyl (C=O) groups is 2. The maximum absolute atomic E-state index is 12.0. The highest BCUT2D eigenvalue weighted by Crippen LogP contribution is 2.27. The number of nitrogens with zero attached hydrogens (tertiary/aromatic N) is 3. The number of rotatable bonds is 6. The predicted molar refractivity (Wildman–Crippen MR) is 82.2 cm³/mol. The van der Waals surface area contributed by atoms with E-state index >= 15 is 0 Å². The van der Waals surface area contributed by atoms with Crippen LogP contribution in [0.25, 0.3) is 0 Å². The molecular weight excluding hydrogens is 300 g/mol. The summed E-state index contributed by atoms with van der Waals surface area (Å²) >= 11 is 0. The molecule has 2 amide bonds. The molecule has 1 aliphatic rings. The molecule has 0 bridgehead atoms. The van der Waals surface area contributed by atoms with E-state index in [0.717, 1.165) is 18.7 Å².